The second-order valence-electron chi connectivity index (χ2n) is 5.48. The Morgan fingerprint density at radius 1 is 1.17 bits per heavy atom. The summed E-state index contributed by atoms with van der Waals surface area (Å²) in [6.07, 6.45) is 0.193. The Balaban J connectivity index is 1.92. The largest absolute Gasteiger partial charge is 0.374 e. The lowest BCUT2D eigenvalue weighted by atomic mass is 10.1. The van der Waals surface area contributed by atoms with Crippen LogP contribution >= 0.6 is 15.9 Å². The Kier molecular flexibility index (Phi) is 6.30. The van der Waals surface area contributed by atoms with Crippen molar-refractivity contribution in [3.8, 4) is 0 Å². The zero-order valence-electron chi connectivity index (χ0n) is 13.1. The van der Waals surface area contributed by atoms with E-state index in [4.69, 9.17) is 4.74 Å². The van der Waals surface area contributed by atoms with Gasteiger partial charge in [0.1, 0.15) is 5.82 Å². The summed E-state index contributed by atoms with van der Waals surface area (Å²) in [6, 6.07) is 11.9. The molecule has 0 spiro atoms. The molecular formula is C18H19BrFNO2. The normalized spacial score (nSPS) is 10.8. The molecule has 5 heteroatoms. The highest BCUT2D eigenvalue weighted by molar-refractivity contribution is 9.10. The summed E-state index contributed by atoms with van der Waals surface area (Å²) >= 11 is 3.25. The van der Waals surface area contributed by atoms with Gasteiger partial charge in [-0.15, -0.1) is 0 Å². The predicted octanol–water partition coefficient (Wildman–Crippen LogP) is 4.44. The molecule has 2 rings (SSSR count). The molecule has 3 nitrogen and oxygen atoms in total. The van der Waals surface area contributed by atoms with Crippen molar-refractivity contribution in [3.63, 3.8) is 0 Å². The van der Waals surface area contributed by atoms with E-state index in [0.717, 1.165) is 11.1 Å². The van der Waals surface area contributed by atoms with Gasteiger partial charge in [0.25, 0.3) is 5.91 Å². The fourth-order valence-electron chi connectivity index (χ4n) is 1.97. The highest BCUT2D eigenvalue weighted by Gasteiger charge is 2.10. The summed E-state index contributed by atoms with van der Waals surface area (Å²) in [5.74, 6) is -0.753. The first-order chi connectivity index (χ1) is 11.0. The highest BCUT2D eigenvalue weighted by Crippen LogP contribution is 2.18. The van der Waals surface area contributed by atoms with E-state index in [9.17, 15) is 9.18 Å². The number of nitrogens with one attached hydrogen (secondary N) is 1. The van der Waals surface area contributed by atoms with E-state index in [1.165, 1.54) is 18.2 Å². The van der Waals surface area contributed by atoms with Gasteiger partial charge in [0.05, 0.1) is 18.3 Å². The van der Waals surface area contributed by atoms with E-state index >= 15 is 0 Å². The summed E-state index contributed by atoms with van der Waals surface area (Å²) in [4.78, 5) is 12.1. The number of ether oxygens (including phenoxy) is 1. The van der Waals surface area contributed by atoms with Crippen molar-refractivity contribution in [2.45, 2.75) is 33.1 Å². The first kappa shape index (κ1) is 17.6. The fraction of sp³-hybridized carbons (Fsp3) is 0.278. The van der Waals surface area contributed by atoms with E-state index in [2.05, 4.69) is 21.2 Å². The van der Waals surface area contributed by atoms with Crippen LogP contribution in [0.15, 0.2) is 46.9 Å². The molecule has 0 atom stereocenters. The van der Waals surface area contributed by atoms with Crippen LogP contribution in [0.2, 0.25) is 0 Å². The van der Waals surface area contributed by atoms with Crippen LogP contribution in [0.3, 0.4) is 0 Å². The number of benzene rings is 2. The summed E-state index contributed by atoms with van der Waals surface area (Å²) < 4.78 is 19.3. The summed E-state index contributed by atoms with van der Waals surface area (Å²) in [6.45, 7) is 4.94. The lowest BCUT2D eigenvalue weighted by Crippen LogP contribution is -2.23. The molecule has 0 fully saturated rings. The molecule has 0 bridgehead atoms. The van der Waals surface area contributed by atoms with E-state index in [0.29, 0.717) is 17.6 Å². The molecule has 0 aromatic heterocycles. The molecule has 0 saturated carbocycles. The Morgan fingerprint density at radius 3 is 2.48 bits per heavy atom. The second-order valence-corrected chi connectivity index (χ2v) is 6.34. The molecule has 0 radical (unpaired) electrons. The molecule has 2 aromatic rings. The van der Waals surface area contributed by atoms with Crippen molar-refractivity contribution in [1.29, 1.82) is 0 Å². The maximum Gasteiger partial charge on any atom is 0.252 e. The van der Waals surface area contributed by atoms with Crippen molar-refractivity contribution in [2.75, 3.05) is 0 Å². The standard InChI is InChI=1S/C18H19BrFNO2/c1-12(2)23-11-14-5-3-13(4-6-14)10-21-18(22)16-9-15(20)7-8-17(16)19/h3-9,12H,10-11H2,1-2H3,(H,21,22). The van der Waals surface area contributed by atoms with Crippen molar-refractivity contribution in [1.82, 2.24) is 5.32 Å². The van der Waals surface area contributed by atoms with Gasteiger partial charge in [-0.05, 0) is 59.1 Å². The minimum Gasteiger partial charge on any atom is -0.374 e. The Hall–Kier alpha value is -1.72. The van der Waals surface area contributed by atoms with Crippen LogP contribution in [0.5, 0.6) is 0 Å². The Bertz CT molecular complexity index is 671. The van der Waals surface area contributed by atoms with Gasteiger partial charge in [-0.2, -0.15) is 0 Å². The molecule has 1 N–H and O–H groups in total. The molecular weight excluding hydrogens is 361 g/mol. The third kappa shape index (κ3) is 5.44. The van der Waals surface area contributed by atoms with Gasteiger partial charge in [0, 0.05) is 11.0 Å². The minimum absolute atomic E-state index is 0.193. The predicted molar refractivity (Wildman–Crippen MR) is 91.6 cm³/mol. The first-order valence-electron chi connectivity index (χ1n) is 7.38. The van der Waals surface area contributed by atoms with E-state index < -0.39 is 5.82 Å². The number of rotatable bonds is 6. The molecule has 0 unspecified atom stereocenters. The van der Waals surface area contributed by atoms with Gasteiger partial charge < -0.3 is 10.1 Å². The monoisotopic (exact) mass is 379 g/mol. The quantitative estimate of drug-likeness (QED) is 0.805. The van der Waals surface area contributed by atoms with Crippen LogP contribution in [0.1, 0.15) is 35.3 Å². The zero-order chi connectivity index (χ0) is 16.8. The number of hydrogen-bond acceptors (Lipinski definition) is 2. The number of carbonyl (C=O) groups is 1. The molecule has 2 aromatic carbocycles. The van der Waals surface area contributed by atoms with Crippen LogP contribution in [0.25, 0.3) is 0 Å². The third-order valence-electron chi connectivity index (χ3n) is 3.23. The molecule has 0 aliphatic carbocycles. The summed E-state index contributed by atoms with van der Waals surface area (Å²) in [5, 5.41) is 2.79. The number of amides is 1. The van der Waals surface area contributed by atoms with Crippen LogP contribution in [0.4, 0.5) is 4.39 Å². The van der Waals surface area contributed by atoms with Gasteiger partial charge in [-0.1, -0.05) is 24.3 Å². The van der Waals surface area contributed by atoms with Crippen molar-refractivity contribution in [2.24, 2.45) is 0 Å². The van der Waals surface area contributed by atoms with Crippen molar-refractivity contribution >= 4 is 21.8 Å². The van der Waals surface area contributed by atoms with Crippen molar-refractivity contribution < 1.29 is 13.9 Å². The summed E-state index contributed by atoms with van der Waals surface area (Å²) in [5.41, 5.74) is 2.34. The van der Waals surface area contributed by atoms with Gasteiger partial charge in [0.15, 0.2) is 0 Å². The molecule has 0 aliphatic heterocycles. The van der Waals surface area contributed by atoms with E-state index in [1.807, 2.05) is 38.1 Å². The van der Waals surface area contributed by atoms with Crippen LogP contribution in [0, 0.1) is 5.82 Å². The van der Waals surface area contributed by atoms with E-state index in [1.54, 1.807) is 0 Å². The zero-order valence-corrected chi connectivity index (χ0v) is 14.7. The lowest BCUT2D eigenvalue weighted by Gasteiger charge is -2.09. The van der Waals surface area contributed by atoms with Crippen molar-refractivity contribution in [3.05, 3.63) is 69.4 Å². The molecule has 0 heterocycles. The first-order valence-corrected chi connectivity index (χ1v) is 8.17. The maximum atomic E-state index is 13.2. The average Bonchev–Trinajstić information content (AvgIpc) is 2.53. The molecule has 23 heavy (non-hydrogen) atoms. The van der Waals surface area contributed by atoms with Gasteiger partial charge in [0.2, 0.25) is 0 Å². The fourth-order valence-corrected chi connectivity index (χ4v) is 2.39. The number of carbonyl (C=O) groups excluding carboxylic acids is 1. The van der Waals surface area contributed by atoms with Gasteiger partial charge in [-0.3, -0.25) is 4.79 Å². The molecule has 1 amide bonds. The minimum atomic E-state index is -0.437. The third-order valence-corrected chi connectivity index (χ3v) is 3.92. The average molecular weight is 380 g/mol. The van der Waals surface area contributed by atoms with E-state index in [-0.39, 0.29) is 17.6 Å². The smallest absolute Gasteiger partial charge is 0.252 e. The van der Waals surface area contributed by atoms with Gasteiger partial charge in [-0.25, -0.2) is 4.39 Å². The number of halogens is 2. The van der Waals surface area contributed by atoms with Gasteiger partial charge >= 0.3 is 0 Å². The number of hydrogen-bond donors (Lipinski definition) is 1. The Labute approximate surface area is 144 Å². The van der Waals surface area contributed by atoms with Crippen LogP contribution in [-0.2, 0) is 17.9 Å². The Morgan fingerprint density at radius 2 is 1.83 bits per heavy atom. The highest BCUT2D eigenvalue weighted by atomic mass is 79.9. The second kappa shape index (κ2) is 8.22. The molecule has 0 saturated heterocycles. The molecule has 0 aliphatic rings. The molecule has 122 valence electrons. The lowest BCUT2D eigenvalue weighted by molar-refractivity contribution is 0.0657. The topological polar surface area (TPSA) is 38.3 Å². The van der Waals surface area contributed by atoms with Crippen LogP contribution in [-0.4, -0.2) is 12.0 Å². The summed E-state index contributed by atoms with van der Waals surface area (Å²) in [7, 11) is 0. The SMILES string of the molecule is CC(C)OCc1ccc(CNC(=O)c2cc(F)ccc2Br)cc1. The maximum absolute atomic E-state index is 13.2. The van der Waals surface area contributed by atoms with Crippen LogP contribution < -0.4 is 5.32 Å².